The van der Waals surface area contributed by atoms with Crippen LogP contribution in [0.4, 0.5) is 4.79 Å². The van der Waals surface area contributed by atoms with Gasteiger partial charge in [0.05, 0.1) is 17.3 Å². The van der Waals surface area contributed by atoms with E-state index in [1.165, 1.54) is 16.0 Å². The summed E-state index contributed by atoms with van der Waals surface area (Å²) in [5.41, 5.74) is 1.05. The van der Waals surface area contributed by atoms with Gasteiger partial charge in [0.15, 0.2) is 0 Å². The molecule has 0 spiro atoms. The average molecular weight is 476 g/mol. The van der Waals surface area contributed by atoms with E-state index in [2.05, 4.69) is 10.4 Å². The van der Waals surface area contributed by atoms with Gasteiger partial charge in [0.25, 0.3) is 5.91 Å². The summed E-state index contributed by atoms with van der Waals surface area (Å²) >= 11 is 0. The SMILES string of the molecule is CN1N=C2CCN(C(=O)C(COc3cccc(C#N)c3)NC(=O)O)CC2(Cc2ccccc2)C1=O. The smallest absolute Gasteiger partial charge is 0.405 e. The molecule has 2 aromatic rings. The standard InChI is InChI=1S/C25H25N5O5/c1-29-23(32)25(13-17-6-3-2-4-7-17)16-30(11-10-21(25)28-29)22(31)20(27-24(33)34)15-35-19-9-5-8-18(12-19)14-26/h2-9,12,20,27H,10-11,13,15-16H2,1H3,(H,33,34). The number of fused-ring (bicyclic) bond motifs is 1. The highest BCUT2D eigenvalue weighted by molar-refractivity contribution is 6.13. The van der Waals surface area contributed by atoms with E-state index < -0.39 is 23.5 Å². The van der Waals surface area contributed by atoms with Crippen LogP contribution < -0.4 is 10.1 Å². The Bertz CT molecular complexity index is 1210. The number of nitrogens with zero attached hydrogens (tertiary/aromatic N) is 4. The van der Waals surface area contributed by atoms with Crippen molar-refractivity contribution in [1.29, 1.82) is 5.26 Å². The summed E-state index contributed by atoms with van der Waals surface area (Å²) in [4.78, 5) is 39.7. The Morgan fingerprint density at radius 3 is 2.74 bits per heavy atom. The molecule has 2 atom stereocenters. The van der Waals surface area contributed by atoms with Gasteiger partial charge in [0.1, 0.15) is 23.8 Å². The lowest BCUT2D eigenvalue weighted by Gasteiger charge is -2.40. The zero-order valence-electron chi connectivity index (χ0n) is 19.2. The molecule has 3 amide bonds. The highest BCUT2D eigenvalue weighted by atomic mass is 16.5. The molecule has 1 saturated heterocycles. The minimum Gasteiger partial charge on any atom is -0.491 e. The Balaban J connectivity index is 1.55. The number of amides is 3. The topological polar surface area (TPSA) is 135 Å². The van der Waals surface area contributed by atoms with Crippen LogP contribution in [0.5, 0.6) is 5.75 Å². The second-order valence-corrected chi connectivity index (χ2v) is 8.58. The molecule has 0 aromatic heterocycles. The molecular weight excluding hydrogens is 450 g/mol. The number of carboxylic acid groups (broad SMARTS) is 1. The average Bonchev–Trinajstić information content (AvgIpc) is 3.10. The first kappa shape index (κ1) is 23.8. The maximum Gasteiger partial charge on any atom is 0.405 e. The summed E-state index contributed by atoms with van der Waals surface area (Å²) < 4.78 is 5.65. The Morgan fingerprint density at radius 2 is 2.03 bits per heavy atom. The zero-order valence-corrected chi connectivity index (χ0v) is 19.2. The van der Waals surface area contributed by atoms with E-state index in [1.54, 1.807) is 25.2 Å². The molecule has 0 saturated carbocycles. The first-order chi connectivity index (χ1) is 16.8. The van der Waals surface area contributed by atoms with Crippen molar-refractivity contribution in [3.63, 3.8) is 0 Å². The minimum absolute atomic E-state index is 0.0877. The summed E-state index contributed by atoms with van der Waals surface area (Å²) in [5.74, 6) is -0.339. The number of hydrogen-bond donors (Lipinski definition) is 2. The van der Waals surface area contributed by atoms with Crippen LogP contribution in [0, 0.1) is 16.7 Å². The first-order valence-electron chi connectivity index (χ1n) is 11.1. The summed E-state index contributed by atoms with van der Waals surface area (Å²) in [6, 6.07) is 16.7. The van der Waals surface area contributed by atoms with Crippen LogP contribution in [-0.4, -0.2) is 71.4 Å². The van der Waals surface area contributed by atoms with Gasteiger partial charge in [-0.25, -0.2) is 9.80 Å². The monoisotopic (exact) mass is 475 g/mol. The highest BCUT2D eigenvalue weighted by Crippen LogP contribution is 2.38. The lowest BCUT2D eigenvalue weighted by atomic mass is 9.73. The number of nitrogens with one attached hydrogen (secondary N) is 1. The van der Waals surface area contributed by atoms with Crippen molar-refractivity contribution in [2.75, 3.05) is 26.7 Å². The molecule has 10 heteroatoms. The fourth-order valence-corrected chi connectivity index (χ4v) is 4.59. The molecule has 2 aromatic carbocycles. The number of carbonyl (C=O) groups excluding carboxylic acids is 2. The van der Waals surface area contributed by atoms with E-state index in [1.807, 2.05) is 36.4 Å². The molecule has 35 heavy (non-hydrogen) atoms. The van der Waals surface area contributed by atoms with Crippen LogP contribution in [0.25, 0.3) is 0 Å². The molecule has 4 rings (SSSR count). The predicted octanol–water partition coefficient (Wildman–Crippen LogP) is 1.86. The van der Waals surface area contributed by atoms with Gasteiger partial charge in [0.2, 0.25) is 5.91 Å². The summed E-state index contributed by atoms with van der Waals surface area (Å²) in [7, 11) is 1.60. The van der Waals surface area contributed by atoms with Gasteiger partial charge in [-0.15, -0.1) is 0 Å². The third kappa shape index (κ3) is 4.94. The van der Waals surface area contributed by atoms with E-state index in [0.717, 1.165) is 11.3 Å². The van der Waals surface area contributed by atoms with Gasteiger partial charge in [-0.2, -0.15) is 10.4 Å². The lowest BCUT2D eigenvalue weighted by Crippen LogP contribution is -2.59. The fourth-order valence-electron chi connectivity index (χ4n) is 4.59. The molecule has 2 unspecified atom stereocenters. The molecule has 10 nitrogen and oxygen atoms in total. The van der Waals surface area contributed by atoms with Gasteiger partial charge >= 0.3 is 6.09 Å². The van der Waals surface area contributed by atoms with E-state index in [9.17, 15) is 19.5 Å². The first-order valence-corrected chi connectivity index (χ1v) is 11.1. The number of benzene rings is 2. The largest absolute Gasteiger partial charge is 0.491 e. The second kappa shape index (κ2) is 9.85. The maximum absolute atomic E-state index is 13.5. The van der Waals surface area contributed by atoms with Crippen molar-refractivity contribution in [1.82, 2.24) is 15.2 Å². The van der Waals surface area contributed by atoms with Crippen molar-refractivity contribution in [3.05, 3.63) is 65.7 Å². The number of carbonyl (C=O) groups is 3. The Hall–Kier alpha value is -4.39. The van der Waals surface area contributed by atoms with Crippen LogP contribution in [0.15, 0.2) is 59.7 Å². The molecule has 2 aliphatic rings. The van der Waals surface area contributed by atoms with Crippen LogP contribution in [-0.2, 0) is 16.0 Å². The predicted molar refractivity (Wildman–Crippen MR) is 126 cm³/mol. The number of hydrogen-bond acceptors (Lipinski definition) is 6. The van der Waals surface area contributed by atoms with E-state index in [-0.39, 0.29) is 19.1 Å². The van der Waals surface area contributed by atoms with Crippen molar-refractivity contribution in [3.8, 4) is 11.8 Å². The third-order valence-electron chi connectivity index (χ3n) is 6.24. The minimum atomic E-state index is -1.37. The highest BCUT2D eigenvalue weighted by Gasteiger charge is 2.53. The summed E-state index contributed by atoms with van der Waals surface area (Å²) in [6.07, 6.45) is -0.583. The lowest BCUT2D eigenvalue weighted by molar-refractivity contribution is -0.141. The van der Waals surface area contributed by atoms with E-state index in [0.29, 0.717) is 30.7 Å². The van der Waals surface area contributed by atoms with Crippen LogP contribution in [0.2, 0.25) is 0 Å². The fraction of sp³-hybridized carbons (Fsp3) is 0.320. The summed E-state index contributed by atoms with van der Waals surface area (Å²) in [6.45, 7) is 0.124. The number of ether oxygens (including phenoxy) is 1. The van der Waals surface area contributed by atoms with Gasteiger partial charge in [-0.05, 0) is 30.2 Å². The van der Waals surface area contributed by atoms with Gasteiger partial charge in [0, 0.05) is 26.6 Å². The van der Waals surface area contributed by atoms with Crippen LogP contribution in [0.3, 0.4) is 0 Å². The molecule has 2 aliphatic heterocycles. The molecule has 180 valence electrons. The number of nitriles is 1. The number of likely N-dealkylation sites (tertiary alicyclic amines) is 1. The van der Waals surface area contributed by atoms with E-state index in [4.69, 9.17) is 10.00 Å². The zero-order chi connectivity index (χ0) is 25.0. The van der Waals surface area contributed by atoms with Crippen LogP contribution in [0.1, 0.15) is 17.5 Å². The van der Waals surface area contributed by atoms with Gasteiger partial charge < -0.3 is 20.1 Å². The second-order valence-electron chi connectivity index (χ2n) is 8.58. The Morgan fingerprint density at radius 1 is 1.26 bits per heavy atom. The number of piperidine rings is 1. The molecular formula is C25H25N5O5. The maximum atomic E-state index is 13.5. The van der Waals surface area contributed by atoms with Crippen molar-refractivity contribution >= 4 is 23.6 Å². The van der Waals surface area contributed by atoms with Crippen molar-refractivity contribution in [2.45, 2.75) is 18.9 Å². The molecule has 2 heterocycles. The Labute approximate surface area is 202 Å². The molecule has 0 aliphatic carbocycles. The molecule has 0 radical (unpaired) electrons. The molecule has 2 N–H and O–H groups in total. The quantitative estimate of drug-likeness (QED) is 0.628. The van der Waals surface area contributed by atoms with Gasteiger partial charge in [-0.1, -0.05) is 36.4 Å². The Kier molecular flexibility index (Phi) is 6.68. The number of hydrazone groups is 1. The third-order valence-corrected chi connectivity index (χ3v) is 6.24. The molecule has 0 bridgehead atoms. The van der Waals surface area contributed by atoms with E-state index >= 15 is 0 Å². The van der Waals surface area contributed by atoms with Gasteiger partial charge in [-0.3, -0.25) is 9.59 Å². The van der Waals surface area contributed by atoms with Crippen molar-refractivity contribution < 1.29 is 24.2 Å². The summed E-state index contributed by atoms with van der Waals surface area (Å²) in [5, 5.41) is 26.4. The van der Waals surface area contributed by atoms with Crippen LogP contribution >= 0.6 is 0 Å². The number of rotatable bonds is 7. The van der Waals surface area contributed by atoms with Crippen molar-refractivity contribution in [2.24, 2.45) is 10.5 Å². The molecule has 1 fully saturated rings. The normalized spacial score (nSPS) is 19.9.